The number of piperidine rings is 1. The first-order valence-corrected chi connectivity index (χ1v) is 8.02. The summed E-state index contributed by atoms with van der Waals surface area (Å²) in [5.41, 5.74) is 1.46. The van der Waals surface area contributed by atoms with E-state index in [1.807, 2.05) is 0 Å². The van der Waals surface area contributed by atoms with Gasteiger partial charge in [0.1, 0.15) is 0 Å². The monoisotopic (exact) mass is 274 g/mol. The molecule has 1 atom stereocenters. The van der Waals surface area contributed by atoms with Crippen LogP contribution in [0.5, 0.6) is 0 Å². The molecule has 0 aromatic heterocycles. The standard InChI is InChI=1S/C17H26N2O/c1-3-7-16(8-4-1)17(19-11-13-20-14-12-19)15-18-9-5-2-6-10-18/h1,3-4,7-8,17H,2,5-6,9-15H2. The highest BCUT2D eigenvalue weighted by molar-refractivity contribution is 5.19. The van der Waals surface area contributed by atoms with Crippen molar-refractivity contribution in [2.24, 2.45) is 0 Å². The highest BCUT2D eigenvalue weighted by atomic mass is 16.5. The van der Waals surface area contributed by atoms with E-state index in [0.717, 1.165) is 26.3 Å². The smallest absolute Gasteiger partial charge is 0.0594 e. The predicted molar refractivity (Wildman–Crippen MR) is 81.9 cm³/mol. The molecule has 0 bridgehead atoms. The Kier molecular flexibility index (Phi) is 5.06. The maximum atomic E-state index is 5.52. The van der Waals surface area contributed by atoms with E-state index in [1.165, 1.54) is 44.5 Å². The van der Waals surface area contributed by atoms with Crippen molar-refractivity contribution in [3.8, 4) is 0 Å². The zero-order valence-corrected chi connectivity index (χ0v) is 12.3. The average molecular weight is 274 g/mol. The summed E-state index contributed by atoms with van der Waals surface area (Å²) in [6.07, 6.45) is 4.14. The van der Waals surface area contributed by atoms with Crippen molar-refractivity contribution in [1.82, 2.24) is 9.80 Å². The van der Waals surface area contributed by atoms with Gasteiger partial charge < -0.3 is 9.64 Å². The second-order valence-corrected chi connectivity index (χ2v) is 5.94. The SMILES string of the molecule is c1ccc(C(CN2CCCCC2)N2CCOCC2)cc1. The second kappa shape index (κ2) is 7.21. The van der Waals surface area contributed by atoms with Gasteiger partial charge in [-0.25, -0.2) is 0 Å². The molecule has 0 saturated carbocycles. The molecule has 0 N–H and O–H groups in total. The van der Waals surface area contributed by atoms with Crippen LogP contribution in [0.1, 0.15) is 30.9 Å². The fourth-order valence-corrected chi connectivity index (χ4v) is 3.38. The fourth-order valence-electron chi connectivity index (χ4n) is 3.38. The molecule has 3 rings (SSSR count). The van der Waals surface area contributed by atoms with Crippen molar-refractivity contribution in [3.05, 3.63) is 35.9 Å². The Balaban J connectivity index is 1.72. The van der Waals surface area contributed by atoms with Crippen LogP contribution in [0, 0.1) is 0 Å². The number of ether oxygens (including phenoxy) is 1. The van der Waals surface area contributed by atoms with Crippen LogP contribution < -0.4 is 0 Å². The summed E-state index contributed by atoms with van der Waals surface area (Å²) < 4.78 is 5.52. The van der Waals surface area contributed by atoms with Crippen LogP contribution in [0.3, 0.4) is 0 Å². The molecule has 110 valence electrons. The molecule has 3 nitrogen and oxygen atoms in total. The molecular formula is C17H26N2O. The Hall–Kier alpha value is -0.900. The van der Waals surface area contributed by atoms with Crippen molar-refractivity contribution in [2.75, 3.05) is 45.9 Å². The van der Waals surface area contributed by atoms with E-state index in [9.17, 15) is 0 Å². The summed E-state index contributed by atoms with van der Waals surface area (Å²) in [6, 6.07) is 11.5. The zero-order valence-electron chi connectivity index (χ0n) is 12.3. The number of rotatable bonds is 4. The van der Waals surface area contributed by atoms with Crippen LogP contribution in [-0.2, 0) is 4.74 Å². The number of benzene rings is 1. The van der Waals surface area contributed by atoms with Crippen LogP contribution in [0.4, 0.5) is 0 Å². The number of likely N-dealkylation sites (tertiary alicyclic amines) is 1. The Morgan fingerprint density at radius 1 is 0.900 bits per heavy atom. The minimum atomic E-state index is 0.526. The highest BCUT2D eigenvalue weighted by Gasteiger charge is 2.25. The summed E-state index contributed by atoms with van der Waals surface area (Å²) in [5, 5.41) is 0. The lowest BCUT2D eigenvalue weighted by molar-refractivity contribution is 0.00614. The largest absolute Gasteiger partial charge is 0.379 e. The van der Waals surface area contributed by atoms with E-state index in [0.29, 0.717) is 6.04 Å². The molecule has 3 heteroatoms. The Labute approximate surface area is 122 Å². The molecule has 1 unspecified atom stereocenters. The second-order valence-electron chi connectivity index (χ2n) is 5.94. The van der Waals surface area contributed by atoms with Crippen LogP contribution in [0.2, 0.25) is 0 Å². The van der Waals surface area contributed by atoms with Gasteiger partial charge in [0.15, 0.2) is 0 Å². The van der Waals surface area contributed by atoms with Gasteiger partial charge in [0, 0.05) is 25.7 Å². The first-order valence-electron chi connectivity index (χ1n) is 8.02. The van der Waals surface area contributed by atoms with E-state index in [1.54, 1.807) is 0 Å². The first kappa shape index (κ1) is 14.1. The van der Waals surface area contributed by atoms with Gasteiger partial charge in [-0.2, -0.15) is 0 Å². The highest BCUT2D eigenvalue weighted by Crippen LogP contribution is 2.24. The summed E-state index contributed by atoms with van der Waals surface area (Å²) >= 11 is 0. The van der Waals surface area contributed by atoms with Crippen molar-refractivity contribution in [1.29, 1.82) is 0 Å². The third-order valence-corrected chi connectivity index (χ3v) is 4.55. The third kappa shape index (κ3) is 3.60. The van der Waals surface area contributed by atoms with E-state index in [2.05, 4.69) is 40.1 Å². The topological polar surface area (TPSA) is 15.7 Å². The molecule has 2 aliphatic rings. The Morgan fingerprint density at radius 3 is 2.30 bits per heavy atom. The van der Waals surface area contributed by atoms with Crippen molar-refractivity contribution < 1.29 is 4.74 Å². The molecule has 2 saturated heterocycles. The number of nitrogens with zero attached hydrogens (tertiary/aromatic N) is 2. The van der Waals surface area contributed by atoms with Crippen molar-refractivity contribution in [2.45, 2.75) is 25.3 Å². The Bertz CT molecular complexity index is 383. The van der Waals surface area contributed by atoms with Gasteiger partial charge >= 0.3 is 0 Å². The van der Waals surface area contributed by atoms with Crippen LogP contribution >= 0.6 is 0 Å². The summed E-state index contributed by atoms with van der Waals surface area (Å²) in [4.78, 5) is 5.25. The molecular weight excluding hydrogens is 248 g/mol. The Morgan fingerprint density at radius 2 is 1.60 bits per heavy atom. The normalized spacial score (nSPS) is 23.6. The van der Waals surface area contributed by atoms with Crippen molar-refractivity contribution >= 4 is 0 Å². The molecule has 0 radical (unpaired) electrons. The average Bonchev–Trinajstić information content (AvgIpc) is 2.55. The first-order chi connectivity index (χ1) is 9.93. The molecule has 1 aromatic carbocycles. The lowest BCUT2D eigenvalue weighted by Gasteiger charge is -2.38. The maximum Gasteiger partial charge on any atom is 0.0594 e. The maximum absolute atomic E-state index is 5.52. The van der Waals surface area contributed by atoms with Gasteiger partial charge in [0.25, 0.3) is 0 Å². The quantitative estimate of drug-likeness (QED) is 0.839. The number of morpholine rings is 1. The summed E-state index contributed by atoms with van der Waals surface area (Å²) in [6.45, 7) is 7.60. The molecule has 2 aliphatic heterocycles. The van der Waals surface area contributed by atoms with Gasteiger partial charge in [-0.15, -0.1) is 0 Å². The van der Waals surface area contributed by atoms with Gasteiger partial charge in [-0.3, -0.25) is 4.90 Å². The molecule has 0 amide bonds. The van der Waals surface area contributed by atoms with Crippen LogP contribution in [0.15, 0.2) is 30.3 Å². The zero-order chi connectivity index (χ0) is 13.6. The molecule has 0 spiro atoms. The predicted octanol–water partition coefficient (Wildman–Crippen LogP) is 2.55. The van der Waals surface area contributed by atoms with E-state index < -0.39 is 0 Å². The van der Waals surface area contributed by atoms with E-state index >= 15 is 0 Å². The van der Waals surface area contributed by atoms with Crippen LogP contribution in [0.25, 0.3) is 0 Å². The lowest BCUT2D eigenvalue weighted by atomic mass is 10.0. The summed E-state index contributed by atoms with van der Waals surface area (Å²) in [5.74, 6) is 0. The minimum absolute atomic E-state index is 0.526. The molecule has 2 heterocycles. The molecule has 20 heavy (non-hydrogen) atoms. The van der Waals surface area contributed by atoms with Gasteiger partial charge in [0.05, 0.1) is 13.2 Å². The number of hydrogen-bond donors (Lipinski definition) is 0. The minimum Gasteiger partial charge on any atom is -0.379 e. The van der Waals surface area contributed by atoms with Crippen LogP contribution in [-0.4, -0.2) is 55.7 Å². The molecule has 1 aromatic rings. The molecule has 2 fully saturated rings. The van der Waals surface area contributed by atoms with Gasteiger partial charge in [0.2, 0.25) is 0 Å². The van der Waals surface area contributed by atoms with Gasteiger partial charge in [-0.05, 0) is 31.5 Å². The summed E-state index contributed by atoms with van der Waals surface area (Å²) in [7, 11) is 0. The van der Waals surface area contributed by atoms with E-state index in [-0.39, 0.29) is 0 Å². The fraction of sp³-hybridized carbons (Fsp3) is 0.647. The van der Waals surface area contributed by atoms with Gasteiger partial charge in [-0.1, -0.05) is 36.8 Å². The number of hydrogen-bond acceptors (Lipinski definition) is 3. The third-order valence-electron chi connectivity index (χ3n) is 4.55. The van der Waals surface area contributed by atoms with E-state index in [4.69, 9.17) is 4.74 Å². The lowest BCUT2D eigenvalue weighted by Crippen LogP contribution is -2.44. The van der Waals surface area contributed by atoms with Crippen molar-refractivity contribution in [3.63, 3.8) is 0 Å². The molecule has 0 aliphatic carbocycles.